The summed E-state index contributed by atoms with van der Waals surface area (Å²) in [4.78, 5) is 28.1. The molecule has 117 heavy (non-hydrogen) atoms. The summed E-state index contributed by atoms with van der Waals surface area (Å²) in [6, 6.07) is 147. The van der Waals surface area contributed by atoms with Crippen LogP contribution in [-0.2, 0) is 0 Å². The van der Waals surface area contributed by atoms with Crippen molar-refractivity contribution in [3.63, 3.8) is 0 Å². The topological polar surface area (TPSA) is 205 Å². The van der Waals surface area contributed by atoms with Crippen LogP contribution in [0, 0.1) is 0 Å². The van der Waals surface area contributed by atoms with Gasteiger partial charge >= 0.3 is 0 Å². The zero-order valence-electron chi connectivity index (χ0n) is 63.4. The number of amides is 2. The highest BCUT2D eigenvalue weighted by atomic mass is 32.2. The number of benzene rings is 17. The Morgan fingerprint density at radius 2 is 0.436 bits per heavy atom. The van der Waals surface area contributed by atoms with Gasteiger partial charge in [0.25, 0.3) is 11.8 Å². The van der Waals surface area contributed by atoms with Crippen LogP contribution in [0.4, 0.5) is 11.4 Å². The Kier molecular flexibility index (Phi) is 29.5. The van der Waals surface area contributed by atoms with Crippen molar-refractivity contribution in [2.24, 2.45) is 0 Å². The third-order valence-corrected chi connectivity index (χ3v) is 29.0. The molecule has 17 rings (SSSR count). The molecule has 0 saturated heterocycles. The van der Waals surface area contributed by atoms with Crippen molar-refractivity contribution in [3.8, 4) is 40.2 Å². The third kappa shape index (κ3) is 22.3. The first-order valence-corrected chi connectivity index (χ1v) is 42.6. The van der Waals surface area contributed by atoms with Crippen LogP contribution in [0.15, 0.2) is 475 Å². The van der Waals surface area contributed by atoms with Gasteiger partial charge in [0.15, 0.2) is 0 Å². The second kappa shape index (κ2) is 41.8. The highest BCUT2D eigenvalue weighted by Gasteiger charge is 2.49. The second-order valence-electron chi connectivity index (χ2n) is 26.2. The lowest BCUT2D eigenvalue weighted by molar-refractivity contribution is -0.269. The number of hydrogen-bond acceptors (Lipinski definition) is 11. The number of fused-ring (bicyclic) bond motifs is 1. The Morgan fingerprint density at radius 3 is 0.709 bits per heavy atom. The summed E-state index contributed by atoms with van der Waals surface area (Å²) in [5.41, 5.74) is 1.67. The number of hydrogen-bond donors (Lipinski definition) is 7. The summed E-state index contributed by atoms with van der Waals surface area (Å²) in [5, 5.41) is 87.5. The Balaban J connectivity index is 0.000000131. The molecule has 17 aromatic carbocycles. The quantitative estimate of drug-likeness (QED) is 0.0453. The molecule has 7 N–H and O–H groups in total. The van der Waals surface area contributed by atoms with E-state index in [9.17, 15) is 24.9 Å². The molecule has 0 unspecified atom stereocenters. The number of nitrogens with one attached hydrogen (secondary N) is 2. The summed E-state index contributed by atoms with van der Waals surface area (Å²) in [7, 11) is -3.94. The standard InChI is InChI=1S/C24H19OP.C24H20P.C17H13NO2.C13H11NO2.2C12H10O2S/c25-20-16-18-24(19-17-20)26(21-10-4-1-5-11-21,22-12-6-2-7-13-22)23-14-8-3-9-15-23;1-5-13-21(14-6-1)25(22-15-7-2-8-16-22,23-17-9-3-10-18-23)24-19-11-4-12-20-24;19-16-11-13-7-5-4-6-12(13)10-15(16)17(20)18-14-8-2-1-3-9-14;15-12-9-5-4-8-11(12)13(16)14-10-6-2-1-3-7-10;2*13-9-1-5-11(6-2-9)15-12-7-3-10(14)4-8-12/h1-19H;1-20H;1-11,19H,(H,18,20);1-9,15H,(H,14,16);2*1-8,13-14H/q;+1;;;;/p-1. The molecule has 17 aromatic rings. The number of carbonyl (C=O) groups is 2. The van der Waals surface area contributed by atoms with Crippen LogP contribution in [0.25, 0.3) is 10.8 Å². The first kappa shape index (κ1) is 82.6. The number of phenolic OH excluding ortho intramolecular Hbond substituents is 5. The predicted molar refractivity (Wildman–Crippen MR) is 483 cm³/mol. The Hall–Kier alpha value is -13.9. The van der Waals surface area contributed by atoms with Crippen LogP contribution >= 0.6 is 38.0 Å². The zero-order valence-corrected chi connectivity index (χ0v) is 66.8. The molecule has 0 saturated carbocycles. The maximum absolute atomic E-state index is 12.2. The highest BCUT2D eigenvalue weighted by molar-refractivity contribution is 8.02. The minimum Gasteiger partial charge on any atom is -0.872 e. The molecule has 0 radical (unpaired) electrons. The predicted octanol–water partition coefficient (Wildman–Crippen LogP) is 20.0. The van der Waals surface area contributed by atoms with Crippen molar-refractivity contribution >= 4 is 114 Å². The number of phenols is 5. The van der Waals surface area contributed by atoms with Gasteiger partial charge in [-0.1, -0.05) is 253 Å². The van der Waals surface area contributed by atoms with Gasteiger partial charge in [0.1, 0.15) is 85.7 Å². The number of anilines is 2. The van der Waals surface area contributed by atoms with E-state index in [1.807, 2.05) is 109 Å². The lowest BCUT2D eigenvalue weighted by Gasteiger charge is -2.27. The van der Waals surface area contributed by atoms with Crippen LogP contribution in [-0.4, -0.2) is 37.3 Å². The number of carbonyl (C=O) groups excluding carboxylic acids is 2. The molecular weight excluding hydrogens is 1520 g/mol. The third-order valence-electron chi connectivity index (χ3n) is 18.3. The van der Waals surface area contributed by atoms with E-state index in [0.29, 0.717) is 17.1 Å². The van der Waals surface area contributed by atoms with Crippen molar-refractivity contribution in [2.75, 3.05) is 10.6 Å². The van der Waals surface area contributed by atoms with E-state index >= 15 is 0 Å². The molecule has 0 fully saturated rings. The number of para-hydroxylation sites is 3. The summed E-state index contributed by atoms with van der Waals surface area (Å²) >= 11 is 3.17. The minimum absolute atomic E-state index is 0.159. The van der Waals surface area contributed by atoms with E-state index in [1.54, 1.807) is 127 Å². The lowest BCUT2D eigenvalue weighted by atomic mass is 10.1. The fourth-order valence-corrected chi connectivity index (χ4v) is 23.0. The molecule has 11 nitrogen and oxygen atoms in total. The molecule has 576 valence electrons. The first-order chi connectivity index (χ1) is 57.2. The maximum Gasteiger partial charge on any atom is 0.255 e. The zero-order chi connectivity index (χ0) is 81.4. The van der Waals surface area contributed by atoms with Gasteiger partial charge in [-0.25, -0.2) is 0 Å². The molecule has 0 heterocycles. The molecule has 2 amide bonds. The molecule has 0 bridgehead atoms. The van der Waals surface area contributed by atoms with E-state index in [2.05, 4.69) is 235 Å². The average Bonchev–Trinajstić information content (AvgIpc) is 0.741. The van der Waals surface area contributed by atoms with Crippen molar-refractivity contribution < 1.29 is 45.3 Å². The van der Waals surface area contributed by atoms with Gasteiger partial charge in [-0.15, -0.1) is 0 Å². The lowest BCUT2D eigenvalue weighted by Crippen LogP contribution is -2.38. The highest BCUT2D eigenvalue weighted by Crippen LogP contribution is 2.55. The summed E-state index contributed by atoms with van der Waals surface area (Å²) < 4.78 is 0. The van der Waals surface area contributed by atoms with Crippen molar-refractivity contribution in [1.29, 1.82) is 0 Å². The van der Waals surface area contributed by atoms with Gasteiger partial charge in [-0.2, -0.15) is 0 Å². The summed E-state index contributed by atoms with van der Waals surface area (Å²) in [6.45, 7) is 0. The van der Waals surface area contributed by atoms with Crippen LogP contribution in [0.1, 0.15) is 20.7 Å². The molecule has 0 aliphatic rings. The Morgan fingerprint density at radius 1 is 0.222 bits per heavy atom. The van der Waals surface area contributed by atoms with E-state index in [0.717, 1.165) is 30.4 Å². The van der Waals surface area contributed by atoms with Crippen molar-refractivity contribution in [2.45, 2.75) is 19.6 Å². The normalized spacial score (nSPS) is 10.6. The molecule has 0 aromatic heterocycles. The SMILES string of the molecule is O=C(Nc1ccccc1)c1cc2ccccc2cc1[O-].O=C(Nc1ccccc1)c1ccccc1[O-].Oc1ccc(Sc2ccc(O)cc2)cc1.Oc1ccc(Sc2ccc(O)cc2)cc1.Oc1ccc([P+](c2ccccc2)(c2ccccc2)c2ccccc2)cc1.c1ccc([P+](c2ccccc2)(c2ccccc2)c2ccccc2)cc1. The van der Waals surface area contributed by atoms with E-state index in [-0.39, 0.29) is 57.4 Å². The minimum atomic E-state index is -2.04. The number of aromatic hydroxyl groups is 5. The second-order valence-corrected chi connectivity index (χ2v) is 35.3. The molecule has 0 spiro atoms. The van der Waals surface area contributed by atoms with Crippen LogP contribution in [0.5, 0.6) is 40.2 Å². The van der Waals surface area contributed by atoms with Crippen molar-refractivity contribution in [1.82, 2.24) is 0 Å². The van der Waals surface area contributed by atoms with Gasteiger partial charge in [0.05, 0.1) is 0 Å². The molecular formula is C102H82N2O9P2S2. The van der Waals surface area contributed by atoms with Crippen LogP contribution < -0.4 is 63.3 Å². The van der Waals surface area contributed by atoms with E-state index < -0.39 is 14.5 Å². The number of rotatable bonds is 16. The van der Waals surface area contributed by atoms with E-state index in [1.165, 1.54) is 60.6 Å². The maximum atomic E-state index is 12.2. The largest absolute Gasteiger partial charge is 0.872 e. The smallest absolute Gasteiger partial charge is 0.255 e. The van der Waals surface area contributed by atoms with Gasteiger partial charge < -0.3 is 46.4 Å². The fraction of sp³-hybridized carbons (Fsp3) is 0. The molecule has 0 aliphatic heterocycles. The summed E-state index contributed by atoms with van der Waals surface area (Å²) in [5.74, 6) is 0.0723. The Bertz CT molecular complexity index is 5460. The Labute approximate surface area is 691 Å². The molecule has 0 atom stereocenters. The summed E-state index contributed by atoms with van der Waals surface area (Å²) in [6.07, 6.45) is 0. The fourth-order valence-electron chi connectivity index (χ4n) is 12.8. The molecule has 0 aliphatic carbocycles. The van der Waals surface area contributed by atoms with Gasteiger partial charge in [0, 0.05) is 42.1 Å². The first-order valence-electron chi connectivity index (χ1n) is 37.4. The van der Waals surface area contributed by atoms with Crippen molar-refractivity contribution in [3.05, 3.63) is 466 Å². The van der Waals surface area contributed by atoms with Crippen LogP contribution in [0.3, 0.4) is 0 Å². The average molecular weight is 1610 g/mol. The van der Waals surface area contributed by atoms with Gasteiger partial charge in [-0.05, 0) is 247 Å². The van der Waals surface area contributed by atoms with Gasteiger partial charge in [0.2, 0.25) is 0 Å². The van der Waals surface area contributed by atoms with Gasteiger partial charge in [-0.3, -0.25) is 9.59 Å². The van der Waals surface area contributed by atoms with Crippen LogP contribution in [0.2, 0.25) is 0 Å². The molecule has 15 heteroatoms. The van der Waals surface area contributed by atoms with E-state index in [4.69, 9.17) is 20.4 Å². The monoisotopic (exact) mass is 1600 g/mol.